The van der Waals surface area contributed by atoms with Gasteiger partial charge < -0.3 is 47.4 Å². The molecule has 58 heavy (non-hydrogen) atoms. The predicted octanol–water partition coefficient (Wildman–Crippen LogP) is -0.412. The minimum atomic E-state index is -1.91. The van der Waals surface area contributed by atoms with Gasteiger partial charge >= 0.3 is 17.8 Å². The average molecular weight is 828 g/mol. The Morgan fingerprint density at radius 1 is 0.707 bits per heavy atom. The number of primary amides is 1. The molecule has 9 N–H and O–H groups in total. The number of aliphatic carboxylic acids is 2. The van der Waals surface area contributed by atoms with Crippen molar-refractivity contribution < 1.29 is 53.4 Å². The lowest BCUT2D eigenvalue weighted by atomic mass is 10.00. The molecule has 316 valence electrons. The fourth-order valence-electron chi connectivity index (χ4n) is 5.75. The molecule has 0 aliphatic carbocycles. The molecule has 0 radical (unpaired) electrons. The molecule has 0 heterocycles. The van der Waals surface area contributed by atoms with Crippen LogP contribution in [-0.2, 0) is 56.0 Å². The molecule has 2 aromatic carbocycles. The van der Waals surface area contributed by atoms with Gasteiger partial charge in [-0.05, 0) is 48.3 Å². The van der Waals surface area contributed by atoms with Crippen molar-refractivity contribution in [2.24, 2.45) is 11.7 Å². The smallest absolute Gasteiger partial charge is 0.394 e. The molecule has 18 nitrogen and oxygen atoms in total. The highest BCUT2D eigenvalue weighted by Gasteiger charge is 2.35. The maximum Gasteiger partial charge on any atom is 0.394 e. The van der Waals surface area contributed by atoms with Crippen molar-refractivity contribution in [1.82, 2.24) is 31.5 Å². The Hall–Kier alpha value is -5.98. The fraction of sp³-hybridized carbons (Fsp3) is 0.462. The lowest BCUT2D eigenvalue weighted by molar-refractivity contribution is -0.151. The van der Waals surface area contributed by atoms with Crippen LogP contribution in [0.15, 0.2) is 60.7 Å². The molecule has 0 spiro atoms. The van der Waals surface area contributed by atoms with Crippen LogP contribution in [0, 0.1) is 5.92 Å². The number of rotatable bonds is 24. The van der Waals surface area contributed by atoms with Gasteiger partial charge in [0, 0.05) is 26.3 Å². The Labute approximate surface area is 340 Å². The number of carbonyl (C=O) groups excluding carboxylic acids is 7. The first kappa shape index (κ1) is 48.2. The summed E-state index contributed by atoms with van der Waals surface area (Å²) in [5, 5.41) is 30.5. The molecular weight excluding hydrogens is 775 g/mol. The van der Waals surface area contributed by atoms with Gasteiger partial charge in [0.2, 0.25) is 35.4 Å². The topological polar surface area (TPSA) is 283 Å². The van der Waals surface area contributed by atoms with E-state index in [4.69, 9.17) is 10.8 Å². The van der Waals surface area contributed by atoms with E-state index in [-0.39, 0.29) is 31.6 Å². The van der Waals surface area contributed by atoms with E-state index in [2.05, 4.69) is 21.3 Å². The van der Waals surface area contributed by atoms with E-state index in [9.17, 15) is 48.3 Å². The van der Waals surface area contributed by atoms with Crippen LogP contribution >= 0.6 is 11.8 Å². The Bertz CT molecular complexity index is 1750. The molecular formula is C39H53N7O11S. The Morgan fingerprint density at radius 2 is 1.26 bits per heavy atom. The highest BCUT2D eigenvalue weighted by molar-refractivity contribution is 7.98. The third-order valence-electron chi connectivity index (χ3n) is 8.80. The van der Waals surface area contributed by atoms with Crippen LogP contribution in [0.25, 0.3) is 0 Å². The van der Waals surface area contributed by atoms with Crippen LogP contribution in [0.3, 0.4) is 0 Å². The predicted molar refractivity (Wildman–Crippen MR) is 214 cm³/mol. The first-order valence-corrected chi connectivity index (χ1v) is 19.9. The summed E-state index contributed by atoms with van der Waals surface area (Å²) in [6.07, 6.45) is 1.07. The van der Waals surface area contributed by atoms with Crippen molar-refractivity contribution in [1.29, 1.82) is 0 Å². The third-order valence-corrected chi connectivity index (χ3v) is 9.45. The van der Waals surface area contributed by atoms with E-state index in [1.54, 1.807) is 60.7 Å². The molecule has 0 unspecified atom stereocenters. The first-order chi connectivity index (χ1) is 27.4. The van der Waals surface area contributed by atoms with Gasteiger partial charge in [-0.15, -0.1) is 0 Å². The van der Waals surface area contributed by atoms with Gasteiger partial charge in [0.15, 0.2) is 0 Å². The molecule has 0 aromatic heterocycles. The monoisotopic (exact) mass is 827 g/mol. The van der Waals surface area contributed by atoms with Crippen molar-refractivity contribution in [3.8, 4) is 0 Å². The number of benzene rings is 2. The van der Waals surface area contributed by atoms with Crippen LogP contribution in [0.2, 0.25) is 0 Å². The molecule has 19 heteroatoms. The summed E-state index contributed by atoms with van der Waals surface area (Å²) in [7, 11) is 1.32. The van der Waals surface area contributed by atoms with Gasteiger partial charge in [-0.3, -0.25) is 38.4 Å². The van der Waals surface area contributed by atoms with Gasteiger partial charge in [0.25, 0.3) is 0 Å². The number of nitrogens with one attached hydrogen (secondary N) is 5. The number of carboxylic acids is 2. The zero-order valence-corrected chi connectivity index (χ0v) is 33.7. The number of amides is 7. The van der Waals surface area contributed by atoms with Crippen molar-refractivity contribution in [3.05, 3.63) is 71.8 Å². The quantitative estimate of drug-likeness (QED) is 0.0628. The Kier molecular flexibility index (Phi) is 20.4. The van der Waals surface area contributed by atoms with Crippen LogP contribution in [-0.4, -0.2) is 124 Å². The van der Waals surface area contributed by atoms with Gasteiger partial charge in [0.1, 0.15) is 30.2 Å². The summed E-state index contributed by atoms with van der Waals surface area (Å²) in [4.78, 5) is 116. The van der Waals surface area contributed by atoms with Crippen LogP contribution in [0.4, 0.5) is 0 Å². The molecule has 0 bridgehead atoms. The summed E-state index contributed by atoms with van der Waals surface area (Å²) < 4.78 is 0. The summed E-state index contributed by atoms with van der Waals surface area (Å²) in [6.45, 7) is 3.08. The maximum atomic E-state index is 14.3. The van der Waals surface area contributed by atoms with Gasteiger partial charge in [-0.1, -0.05) is 74.5 Å². The Morgan fingerprint density at radius 3 is 1.78 bits per heavy atom. The number of hydrogen-bond acceptors (Lipinski definition) is 10. The van der Waals surface area contributed by atoms with E-state index in [0.29, 0.717) is 16.9 Å². The molecule has 2 aromatic rings. The highest BCUT2D eigenvalue weighted by Crippen LogP contribution is 2.14. The van der Waals surface area contributed by atoms with E-state index < -0.39 is 103 Å². The molecule has 5 atom stereocenters. The second kappa shape index (κ2) is 24.6. The number of nitrogens with zero attached hydrogens (tertiary/aromatic N) is 1. The van der Waals surface area contributed by atoms with Crippen LogP contribution in [0.5, 0.6) is 0 Å². The van der Waals surface area contributed by atoms with E-state index in [0.717, 1.165) is 4.90 Å². The van der Waals surface area contributed by atoms with Crippen LogP contribution < -0.4 is 32.3 Å². The minimum Gasteiger partial charge on any atom is -0.481 e. The van der Waals surface area contributed by atoms with Gasteiger partial charge in [-0.2, -0.15) is 11.8 Å². The number of likely N-dealkylation sites (N-methyl/N-ethyl adjacent to an activating group) is 1. The lowest BCUT2D eigenvalue weighted by Crippen LogP contribution is -2.59. The first-order valence-electron chi connectivity index (χ1n) is 18.5. The number of carboxylic acid groups (broad SMARTS) is 2. The normalized spacial score (nSPS) is 13.4. The zero-order chi connectivity index (χ0) is 43.4. The molecule has 0 aliphatic heterocycles. The number of carbonyl (C=O) groups is 9. The van der Waals surface area contributed by atoms with E-state index in [1.165, 1.54) is 18.8 Å². The zero-order valence-electron chi connectivity index (χ0n) is 32.9. The number of hydrogen-bond donors (Lipinski definition) is 8. The van der Waals surface area contributed by atoms with Crippen molar-refractivity contribution in [2.45, 2.75) is 82.6 Å². The van der Waals surface area contributed by atoms with Gasteiger partial charge in [-0.25, -0.2) is 4.79 Å². The largest absolute Gasteiger partial charge is 0.481 e. The van der Waals surface area contributed by atoms with Crippen LogP contribution in [0.1, 0.15) is 50.7 Å². The summed E-state index contributed by atoms with van der Waals surface area (Å²) >= 11 is 1.47. The summed E-state index contributed by atoms with van der Waals surface area (Å²) in [5.74, 6) is -8.94. The number of thioether (sulfide) groups is 1. The molecule has 0 fully saturated rings. The van der Waals surface area contributed by atoms with E-state index >= 15 is 0 Å². The second-order valence-corrected chi connectivity index (χ2v) is 14.9. The van der Waals surface area contributed by atoms with Crippen molar-refractivity contribution in [3.63, 3.8) is 0 Å². The third kappa shape index (κ3) is 17.0. The molecule has 2 rings (SSSR count). The molecule has 0 saturated carbocycles. The highest BCUT2D eigenvalue weighted by atomic mass is 32.2. The van der Waals surface area contributed by atoms with Crippen molar-refractivity contribution in [2.75, 3.05) is 25.6 Å². The standard InChI is InChI=1S/C39H53N7O11S/c1-23(2)19-28(35(52)43-26(33(40)50)17-18-58-4)42-31(47)22-41-36(53)30(21-25-13-9-6-10-14-25)46(3)38(55)29(20-24-11-7-5-8-12-24)45-34(51)27(15-16-32(48)49)44-37(54)39(56)57/h5-14,23,26-30H,15-22H2,1-4H3,(H2,40,50)(H,41,53)(H,42,47)(H,43,52)(H,44,54)(H,45,51)(H,48,49)(H,56,57)/t26-,27+,28-,29-,30-/m0/s1. The maximum absolute atomic E-state index is 14.3. The molecule has 0 saturated heterocycles. The minimum absolute atomic E-state index is 0.0403. The summed E-state index contributed by atoms with van der Waals surface area (Å²) in [5.41, 5.74) is 6.70. The fourth-order valence-corrected chi connectivity index (χ4v) is 6.22. The average Bonchev–Trinajstić information content (AvgIpc) is 3.18. The van der Waals surface area contributed by atoms with E-state index in [1.807, 2.05) is 25.4 Å². The molecule has 0 aliphatic rings. The summed E-state index contributed by atoms with van der Waals surface area (Å²) in [6, 6.07) is 10.8. The lowest BCUT2D eigenvalue weighted by Gasteiger charge is -2.32. The van der Waals surface area contributed by atoms with Crippen molar-refractivity contribution >= 4 is 65.1 Å². The van der Waals surface area contributed by atoms with Gasteiger partial charge in [0.05, 0.1) is 6.54 Å². The molecule has 7 amide bonds. The second-order valence-electron chi connectivity index (χ2n) is 13.9. The SMILES string of the molecule is CSCC[C@H](NC(=O)[C@H](CC(C)C)NC(=O)CNC(=O)[C@H](Cc1ccccc1)N(C)C(=O)[C@H](Cc1ccccc1)NC(=O)[C@@H](CCC(=O)O)NC(=O)C(=O)O)C(N)=O. The number of nitrogens with two attached hydrogens (primary N) is 1. The Balaban J connectivity index is 2.37.